The van der Waals surface area contributed by atoms with E-state index in [0.717, 1.165) is 22.2 Å². The van der Waals surface area contributed by atoms with Crippen LogP contribution in [0.15, 0.2) is 71.8 Å². The van der Waals surface area contributed by atoms with Crippen molar-refractivity contribution in [2.45, 2.75) is 6.54 Å². The van der Waals surface area contributed by atoms with E-state index in [0.29, 0.717) is 6.54 Å². The number of imidazole rings is 1. The van der Waals surface area contributed by atoms with Gasteiger partial charge in [0.05, 0.1) is 12.9 Å². The minimum absolute atomic E-state index is 0. The largest absolute Gasteiger partial charge is 0.356 e. The number of benzene rings is 2. The van der Waals surface area contributed by atoms with Crippen LogP contribution in [0.25, 0.3) is 22.1 Å². The number of fused-ring (bicyclic) bond motifs is 1. The van der Waals surface area contributed by atoms with Crippen molar-refractivity contribution in [1.82, 2.24) is 14.7 Å². The van der Waals surface area contributed by atoms with Gasteiger partial charge in [0.1, 0.15) is 5.69 Å². The molecule has 0 atom stereocenters. The number of aromatic nitrogens is 3. The lowest BCUT2D eigenvalue weighted by atomic mass is 10.0. The van der Waals surface area contributed by atoms with Crippen LogP contribution in [0.3, 0.4) is 0 Å². The van der Waals surface area contributed by atoms with Gasteiger partial charge in [0.25, 0.3) is 0 Å². The zero-order valence-corrected chi connectivity index (χ0v) is 12.5. The minimum atomic E-state index is 0. The minimum Gasteiger partial charge on any atom is -0.356 e. The molecule has 22 heavy (non-hydrogen) atoms. The van der Waals surface area contributed by atoms with Gasteiger partial charge >= 0.3 is 0 Å². The molecule has 0 aliphatic heterocycles. The van der Waals surface area contributed by atoms with E-state index in [1.54, 1.807) is 12.5 Å². The van der Waals surface area contributed by atoms with E-state index in [1.807, 2.05) is 35.0 Å². The zero-order valence-electron chi connectivity index (χ0n) is 11.7. The van der Waals surface area contributed by atoms with E-state index in [4.69, 9.17) is 4.52 Å². The summed E-state index contributed by atoms with van der Waals surface area (Å²) in [6.07, 6.45) is 5.46. The summed E-state index contributed by atoms with van der Waals surface area (Å²) in [6.45, 7) is 0.658. The molecule has 2 aromatic heterocycles. The summed E-state index contributed by atoms with van der Waals surface area (Å²) in [5.41, 5.74) is 4.08. The molecule has 0 spiro atoms. The summed E-state index contributed by atoms with van der Waals surface area (Å²) in [7, 11) is 0. The first-order valence-electron chi connectivity index (χ1n) is 6.79. The van der Waals surface area contributed by atoms with Crippen molar-refractivity contribution in [2.75, 3.05) is 0 Å². The fraction of sp³-hybridized carbons (Fsp3) is 0.0588. The normalized spacial score (nSPS) is 10.5. The standard InChI is InChI=1S/C17H13N3O.ClH/c1-2-4-13(5-3-1)14-6-7-17-15(10-14)16(19-21-17)11-20-9-8-18-12-20;/h1-10,12H,11H2;1H. The van der Waals surface area contributed by atoms with Crippen LogP contribution in [0, 0.1) is 0 Å². The quantitative estimate of drug-likeness (QED) is 0.570. The van der Waals surface area contributed by atoms with Crippen molar-refractivity contribution in [3.05, 3.63) is 72.9 Å². The molecular formula is C17H14ClN3O. The van der Waals surface area contributed by atoms with E-state index in [9.17, 15) is 0 Å². The average Bonchev–Trinajstić information content (AvgIpc) is 3.19. The molecule has 0 amide bonds. The molecular weight excluding hydrogens is 298 g/mol. The van der Waals surface area contributed by atoms with Crippen LogP contribution in [0.1, 0.15) is 5.69 Å². The summed E-state index contributed by atoms with van der Waals surface area (Å²) in [4.78, 5) is 4.05. The number of hydrogen-bond donors (Lipinski definition) is 0. The highest BCUT2D eigenvalue weighted by molar-refractivity contribution is 5.85. The Kier molecular flexibility index (Phi) is 3.94. The predicted octanol–water partition coefficient (Wildman–Crippen LogP) is 4.16. The molecule has 0 aliphatic carbocycles. The Balaban J connectivity index is 0.00000144. The SMILES string of the molecule is Cl.c1ccc(-c2ccc3onc(Cn4ccnc4)c3c2)cc1. The molecule has 5 heteroatoms. The zero-order chi connectivity index (χ0) is 14.1. The average molecular weight is 312 g/mol. The molecule has 0 saturated heterocycles. The second kappa shape index (κ2) is 6.03. The van der Waals surface area contributed by atoms with Gasteiger partial charge in [0, 0.05) is 17.8 Å². The Morgan fingerprint density at radius 3 is 2.64 bits per heavy atom. The highest BCUT2D eigenvalue weighted by Crippen LogP contribution is 2.26. The number of hydrogen-bond acceptors (Lipinski definition) is 3. The number of halogens is 1. The molecule has 110 valence electrons. The van der Waals surface area contributed by atoms with Crippen molar-refractivity contribution in [1.29, 1.82) is 0 Å². The molecule has 0 unspecified atom stereocenters. The Bertz CT molecular complexity index is 869. The van der Waals surface area contributed by atoms with Crippen LogP contribution in [-0.4, -0.2) is 14.7 Å². The van der Waals surface area contributed by atoms with Gasteiger partial charge in [-0.15, -0.1) is 12.4 Å². The van der Waals surface area contributed by atoms with Gasteiger partial charge in [-0.25, -0.2) is 4.98 Å². The lowest BCUT2D eigenvalue weighted by Gasteiger charge is -2.02. The predicted molar refractivity (Wildman–Crippen MR) is 88.0 cm³/mol. The molecule has 0 N–H and O–H groups in total. The van der Waals surface area contributed by atoms with E-state index in [2.05, 4.69) is 34.4 Å². The van der Waals surface area contributed by atoms with E-state index in [1.165, 1.54) is 5.56 Å². The van der Waals surface area contributed by atoms with Crippen molar-refractivity contribution in [2.24, 2.45) is 0 Å². The highest BCUT2D eigenvalue weighted by atomic mass is 35.5. The van der Waals surface area contributed by atoms with Gasteiger partial charge < -0.3 is 9.09 Å². The smallest absolute Gasteiger partial charge is 0.167 e. The third kappa shape index (κ3) is 2.61. The summed E-state index contributed by atoms with van der Waals surface area (Å²) in [6, 6.07) is 16.5. The molecule has 0 bridgehead atoms. The Labute approximate surface area is 133 Å². The lowest BCUT2D eigenvalue weighted by molar-refractivity contribution is 0.443. The van der Waals surface area contributed by atoms with Crippen LogP contribution < -0.4 is 0 Å². The van der Waals surface area contributed by atoms with E-state index < -0.39 is 0 Å². The van der Waals surface area contributed by atoms with Crippen LogP contribution in [0.5, 0.6) is 0 Å². The first-order valence-corrected chi connectivity index (χ1v) is 6.79. The molecule has 0 saturated carbocycles. The first kappa shape index (κ1) is 14.4. The number of rotatable bonds is 3. The van der Waals surface area contributed by atoms with Gasteiger partial charge in [-0.2, -0.15) is 0 Å². The molecule has 2 heterocycles. The van der Waals surface area contributed by atoms with E-state index in [-0.39, 0.29) is 12.4 Å². The van der Waals surface area contributed by atoms with Crippen LogP contribution in [0.4, 0.5) is 0 Å². The Morgan fingerprint density at radius 2 is 1.86 bits per heavy atom. The molecule has 0 aliphatic rings. The third-order valence-electron chi connectivity index (χ3n) is 3.54. The summed E-state index contributed by atoms with van der Waals surface area (Å²) < 4.78 is 7.38. The maximum atomic E-state index is 5.40. The van der Waals surface area contributed by atoms with Crippen LogP contribution >= 0.6 is 12.4 Å². The summed E-state index contributed by atoms with van der Waals surface area (Å²) in [5, 5.41) is 5.23. The van der Waals surface area contributed by atoms with Gasteiger partial charge in [-0.1, -0.05) is 41.6 Å². The van der Waals surface area contributed by atoms with Crippen molar-refractivity contribution in [3.8, 4) is 11.1 Å². The monoisotopic (exact) mass is 311 g/mol. The van der Waals surface area contributed by atoms with Gasteiger partial charge in [-0.3, -0.25) is 0 Å². The van der Waals surface area contributed by atoms with Crippen LogP contribution in [-0.2, 0) is 6.54 Å². The maximum absolute atomic E-state index is 5.40. The molecule has 2 aromatic carbocycles. The molecule has 4 nitrogen and oxygen atoms in total. The van der Waals surface area contributed by atoms with Gasteiger partial charge in [0.2, 0.25) is 0 Å². The fourth-order valence-electron chi connectivity index (χ4n) is 2.47. The van der Waals surface area contributed by atoms with Gasteiger partial charge in [-0.05, 0) is 23.3 Å². The van der Waals surface area contributed by atoms with Gasteiger partial charge in [0.15, 0.2) is 5.58 Å². The van der Waals surface area contributed by atoms with Crippen molar-refractivity contribution < 1.29 is 4.52 Å². The fourth-order valence-corrected chi connectivity index (χ4v) is 2.47. The van der Waals surface area contributed by atoms with Crippen molar-refractivity contribution >= 4 is 23.4 Å². The molecule has 4 rings (SSSR count). The summed E-state index contributed by atoms with van der Waals surface area (Å²) >= 11 is 0. The Hall–Kier alpha value is -2.59. The maximum Gasteiger partial charge on any atom is 0.167 e. The molecule has 0 fully saturated rings. The Morgan fingerprint density at radius 1 is 1.00 bits per heavy atom. The second-order valence-corrected chi connectivity index (χ2v) is 4.94. The first-order chi connectivity index (χ1) is 10.4. The third-order valence-corrected chi connectivity index (χ3v) is 3.54. The van der Waals surface area contributed by atoms with E-state index >= 15 is 0 Å². The number of nitrogens with zero attached hydrogens (tertiary/aromatic N) is 3. The summed E-state index contributed by atoms with van der Waals surface area (Å²) in [5.74, 6) is 0. The van der Waals surface area contributed by atoms with Crippen molar-refractivity contribution in [3.63, 3.8) is 0 Å². The van der Waals surface area contributed by atoms with Crippen LogP contribution in [0.2, 0.25) is 0 Å². The second-order valence-electron chi connectivity index (χ2n) is 4.94. The highest BCUT2D eigenvalue weighted by Gasteiger charge is 2.10. The molecule has 4 aromatic rings. The topological polar surface area (TPSA) is 43.9 Å². The molecule has 0 radical (unpaired) electrons. The lowest BCUT2D eigenvalue weighted by Crippen LogP contribution is -1.96.